The van der Waals surface area contributed by atoms with Crippen molar-refractivity contribution in [2.24, 2.45) is 11.1 Å². The van der Waals surface area contributed by atoms with E-state index in [1.165, 1.54) is 12.1 Å². The van der Waals surface area contributed by atoms with Gasteiger partial charge in [0, 0.05) is 6.54 Å². The molecule has 3 N–H and O–H groups in total. The second-order valence-electron chi connectivity index (χ2n) is 4.38. The van der Waals surface area contributed by atoms with Crippen molar-refractivity contribution in [1.82, 2.24) is 5.32 Å². The maximum atomic E-state index is 12.0. The van der Waals surface area contributed by atoms with E-state index in [0.717, 1.165) is 0 Å². The van der Waals surface area contributed by atoms with Gasteiger partial charge in [0.15, 0.2) is 0 Å². The lowest BCUT2D eigenvalue weighted by atomic mass is 10.2. The Balaban J connectivity index is 3.24. The predicted octanol–water partition coefficient (Wildman–Crippen LogP) is 2.03. The van der Waals surface area contributed by atoms with Gasteiger partial charge in [-0.2, -0.15) is 0 Å². The molecule has 0 saturated carbocycles. The third-order valence-corrected chi connectivity index (χ3v) is 4.03. The topological polar surface area (TPSA) is 89.3 Å². The summed E-state index contributed by atoms with van der Waals surface area (Å²) in [5, 5.41) is 7.43. The highest BCUT2D eigenvalue weighted by atomic mass is 35.5. The van der Waals surface area contributed by atoms with Crippen molar-refractivity contribution >= 4 is 39.1 Å². The van der Waals surface area contributed by atoms with E-state index in [0.29, 0.717) is 6.54 Å². The minimum atomic E-state index is -4.01. The zero-order valence-corrected chi connectivity index (χ0v) is 12.7. The van der Waals surface area contributed by atoms with Crippen LogP contribution in [0, 0.1) is 5.92 Å². The summed E-state index contributed by atoms with van der Waals surface area (Å²) in [4.78, 5) is 11.6. The normalized spacial score (nSPS) is 11.7. The van der Waals surface area contributed by atoms with Gasteiger partial charge in [-0.15, -0.1) is 0 Å². The molecular weight excluding hydrogens is 311 g/mol. The first-order valence-electron chi connectivity index (χ1n) is 5.43. The average molecular weight is 325 g/mol. The molecule has 106 valence electrons. The SMILES string of the molecule is CC(C)CNC(=O)c1c(Cl)ccc(S(N)(=O)=O)c1Cl. The molecule has 0 fully saturated rings. The lowest BCUT2D eigenvalue weighted by molar-refractivity contribution is 0.0949. The van der Waals surface area contributed by atoms with Crippen molar-refractivity contribution in [2.45, 2.75) is 18.7 Å². The van der Waals surface area contributed by atoms with Crippen LogP contribution in [0.4, 0.5) is 0 Å². The highest BCUT2D eigenvalue weighted by Crippen LogP contribution is 2.30. The Kier molecular flexibility index (Phi) is 5.20. The fourth-order valence-corrected chi connectivity index (χ4v) is 2.82. The zero-order chi connectivity index (χ0) is 14.8. The Morgan fingerprint density at radius 2 is 1.95 bits per heavy atom. The molecule has 1 amide bonds. The number of hydrogen-bond acceptors (Lipinski definition) is 3. The van der Waals surface area contributed by atoms with Crippen LogP contribution in [0.15, 0.2) is 17.0 Å². The Morgan fingerprint density at radius 3 is 2.42 bits per heavy atom. The van der Waals surface area contributed by atoms with Crippen molar-refractivity contribution < 1.29 is 13.2 Å². The van der Waals surface area contributed by atoms with Crippen LogP contribution in [0.2, 0.25) is 10.0 Å². The van der Waals surface area contributed by atoms with Gasteiger partial charge in [-0.25, -0.2) is 13.6 Å². The number of rotatable bonds is 4. The predicted molar refractivity (Wildman–Crippen MR) is 75.0 cm³/mol. The zero-order valence-electron chi connectivity index (χ0n) is 10.4. The van der Waals surface area contributed by atoms with E-state index in [1.807, 2.05) is 13.8 Å². The van der Waals surface area contributed by atoms with E-state index in [9.17, 15) is 13.2 Å². The lowest BCUT2D eigenvalue weighted by Gasteiger charge is -2.12. The summed E-state index contributed by atoms with van der Waals surface area (Å²) in [6, 6.07) is 2.44. The molecule has 0 bridgehead atoms. The highest BCUT2D eigenvalue weighted by molar-refractivity contribution is 7.89. The molecular formula is C11H14Cl2N2O3S. The summed E-state index contributed by atoms with van der Waals surface area (Å²) >= 11 is 11.8. The van der Waals surface area contributed by atoms with Gasteiger partial charge in [0.25, 0.3) is 5.91 Å². The third kappa shape index (κ3) is 4.07. The molecule has 0 unspecified atom stereocenters. The van der Waals surface area contributed by atoms with Gasteiger partial charge < -0.3 is 5.32 Å². The summed E-state index contributed by atoms with van der Waals surface area (Å²) in [7, 11) is -4.01. The van der Waals surface area contributed by atoms with E-state index >= 15 is 0 Å². The van der Waals surface area contributed by atoms with Crippen LogP contribution in [0.3, 0.4) is 0 Å². The molecule has 0 aromatic heterocycles. The standard InChI is InChI=1S/C11H14Cl2N2O3S/c1-6(2)5-15-11(16)9-7(12)3-4-8(10(9)13)19(14,17)18/h3-4,6H,5H2,1-2H3,(H,15,16)(H2,14,17,18). The van der Waals surface area contributed by atoms with Crippen molar-refractivity contribution in [1.29, 1.82) is 0 Å². The number of nitrogens with one attached hydrogen (secondary N) is 1. The van der Waals surface area contributed by atoms with Crippen molar-refractivity contribution in [3.63, 3.8) is 0 Å². The number of nitrogens with two attached hydrogens (primary N) is 1. The summed E-state index contributed by atoms with van der Waals surface area (Å²) in [6.45, 7) is 4.26. The molecule has 1 aromatic carbocycles. The van der Waals surface area contributed by atoms with Gasteiger partial charge >= 0.3 is 0 Å². The van der Waals surface area contributed by atoms with Crippen molar-refractivity contribution in [3.05, 3.63) is 27.7 Å². The Morgan fingerprint density at radius 1 is 1.37 bits per heavy atom. The van der Waals surface area contributed by atoms with Crippen molar-refractivity contribution in [3.8, 4) is 0 Å². The van der Waals surface area contributed by atoms with Gasteiger partial charge in [0.1, 0.15) is 4.90 Å². The summed E-state index contributed by atoms with van der Waals surface area (Å²) in [6.07, 6.45) is 0. The number of benzene rings is 1. The minimum Gasteiger partial charge on any atom is -0.352 e. The molecule has 0 heterocycles. The highest BCUT2D eigenvalue weighted by Gasteiger charge is 2.22. The van der Waals surface area contributed by atoms with Crippen molar-refractivity contribution in [2.75, 3.05) is 6.54 Å². The van der Waals surface area contributed by atoms with Crippen LogP contribution in [0.5, 0.6) is 0 Å². The molecule has 0 spiro atoms. The summed E-state index contributed by atoms with van der Waals surface area (Å²) < 4.78 is 22.6. The molecule has 0 aliphatic carbocycles. The minimum absolute atomic E-state index is 0.0682. The van der Waals surface area contributed by atoms with Gasteiger partial charge in [-0.3, -0.25) is 4.79 Å². The first-order valence-corrected chi connectivity index (χ1v) is 7.73. The summed E-state index contributed by atoms with van der Waals surface area (Å²) in [5.74, 6) is -0.294. The summed E-state index contributed by atoms with van der Waals surface area (Å²) in [5.41, 5.74) is -0.0875. The Bertz CT molecular complexity index is 600. The number of halogens is 2. The van der Waals surface area contributed by atoms with E-state index in [1.54, 1.807) is 0 Å². The van der Waals surface area contributed by atoms with Crippen LogP contribution in [0.1, 0.15) is 24.2 Å². The molecule has 0 radical (unpaired) electrons. The maximum Gasteiger partial charge on any atom is 0.254 e. The third-order valence-electron chi connectivity index (χ3n) is 2.26. The molecule has 0 atom stereocenters. The Labute approximate surface area is 122 Å². The van der Waals surface area contributed by atoms with Crippen LogP contribution in [-0.2, 0) is 10.0 Å². The smallest absolute Gasteiger partial charge is 0.254 e. The van der Waals surface area contributed by atoms with E-state index < -0.39 is 15.9 Å². The van der Waals surface area contributed by atoms with Gasteiger partial charge in [-0.1, -0.05) is 37.0 Å². The number of carbonyl (C=O) groups excluding carboxylic acids is 1. The fourth-order valence-electron chi connectivity index (χ4n) is 1.35. The van der Waals surface area contributed by atoms with E-state index in [2.05, 4.69) is 5.32 Å². The molecule has 1 rings (SSSR count). The molecule has 1 aromatic rings. The van der Waals surface area contributed by atoms with Crippen LogP contribution in [0.25, 0.3) is 0 Å². The fraction of sp³-hybridized carbons (Fsp3) is 0.364. The maximum absolute atomic E-state index is 12.0. The van der Waals surface area contributed by atoms with Crippen LogP contribution >= 0.6 is 23.2 Å². The number of carbonyl (C=O) groups is 1. The number of primary sulfonamides is 1. The van der Waals surface area contributed by atoms with Gasteiger partial charge in [0.2, 0.25) is 10.0 Å². The number of sulfonamides is 1. The lowest BCUT2D eigenvalue weighted by Crippen LogP contribution is -2.28. The Hall–Kier alpha value is -0.820. The van der Waals surface area contributed by atoms with E-state index in [-0.39, 0.29) is 26.4 Å². The van der Waals surface area contributed by atoms with Gasteiger partial charge in [0.05, 0.1) is 15.6 Å². The molecule has 5 nitrogen and oxygen atoms in total. The molecule has 0 saturated heterocycles. The molecule has 8 heteroatoms. The van der Waals surface area contributed by atoms with E-state index in [4.69, 9.17) is 28.3 Å². The molecule has 19 heavy (non-hydrogen) atoms. The second-order valence-corrected chi connectivity index (χ2v) is 6.70. The second kappa shape index (κ2) is 6.09. The van der Waals surface area contributed by atoms with Crippen LogP contribution < -0.4 is 10.5 Å². The average Bonchev–Trinajstić information content (AvgIpc) is 2.24. The molecule has 0 aliphatic heterocycles. The quantitative estimate of drug-likeness (QED) is 0.887. The first kappa shape index (κ1) is 16.2. The largest absolute Gasteiger partial charge is 0.352 e. The first-order chi connectivity index (χ1) is 8.64. The monoisotopic (exact) mass is 324 g/mol. The van der Waals surface area contributed by atoms with Crippen LogP contribution in [-0.4, -0.2) is 20.9 Å². The number of hydrogen-bond donors (Lipinski definition) is 2. The number of amides is 1. The van der Waals surface area contributed by atoms with Gasteiger partial charge in [-0.05, 0) is 18.1 Å². The molecule has 0 aliphatic rings.